The fraction of sp³-hybridized carbons (Fsp3) is 0.562. The molecule has 1 fully saturated rings. The van der Waals surface area contributed by atoms with Crippen LogP contribution in [-0.4, -0.2) is 31.4 Å². The zero-order valence-corrected chi connectivity index (χ0v) is 13.0. The number of epoxide rings is 1. The van der Waals surface area contributed by atoms with Crippen LogP contribution in [0, 0.1) is 0 Å². The predicted octanol–water partition coefficient (Wildman–Crippen LogP) is 3.61. The third kappa shape index (κ3) is 4.90. The van der Waals surface area contributed by atoms with Gasteiger partial charge in [-0.05, 0) is 49.9 Å². The minimum absolute atomic E-state index is 0.219. The maximum Gasteiger partial charge on any atom is 0.340 e. The summed E-state index contributed by atoms with van der Waals surface area (Å²) in [6, 6.07) is 7.28. The quantitative estimate of drug-likeness (QED) is 0.397. The van der Waals surface area contributed by atoms with Crippen LogP contribution in [0.25, 0.3) is 0 Å². The molecule has 1 atom stereocenters. The van der Waals surface area contributed by atoms with Crippen LogP contribution < -0.4 is 4.74 Å². The second-order valence-corrected chi connectivity index (χ2v) is 5.61. The molecule has 1 unspecified atom stereocenters. The number of rotatable bonds is 9. The number of carbonyl (C=O) groups excluding carboxylic acids is 1. The van der Waals surface area contributed by atoms with Crippen molar-refractivity contribution in [3.8, 4) is 5.75 Å². The van der Waals surface area contributed by atoms with Crippen LogP contribution in [0.5, 0.6) is 5.75 Å². The number of hydrogen-bond donors (Lipinski definition) is 0. The smallest absolute Gasteiger partial charge is 0.340 e. The second-order valence-electron chi connectivity index (χ2n) is 5.18. The molecule has 0 N–H and O–H groups in total. The van der Waals surface area contributed by atoms with Crippen LogP contribution in [0.4, 0.5) is 0 Å². The first-order valence-corrected chi connectivity index (χ1v) is 7.74. The summed E-state index contributed by atoms with van der Waals surface area (Å²) in [5, 5.41) is 0.695. The van der Waals surface area contributed by atoms with E-state index in [2.05, 4.69) is 0 Å². The minimum atomic E-state index is -0.671. The summed E-state index contributed by atoms with van der Waals surface area (Å²) in [4.78, 5) is 11.8. The number of carbonyl (C=O) groups is 1. The average molecular weight is 313 g/mol. The van der Waals surface area contributed by atoms with Crippen molar-refractivity contribution in [2.75, 3.05) is 19.8 Å². The zero-order chi connectivity index (χ0) is 15.1. The Hall–Kier alpha value is -1.26. The average Bonchev–Trinajstić information content (AvgIpc) is 3.27. The Kier molecular flexibility index (Phi) is 5.88. The summed E-state index contributed by atoms with van der Waals surface area (Å²) in [6.45, 7) is 3.53. The van der Waals surface area contributed by atoms with Crippen LogP contribution in [0.2, 0.25) is 5.02 Å². The van der Waals surface area contributed by atoms with Gasteiger partial charge < -0.3 is 14.2 Å². The van der Waals surface area contributed by atoms with E-state index in [9.17, 15) is 4.79 Å². The van der Waals surface area contributed by atoms with E-state index in [1.165, 1.54) is 0 Å². The predicted molar refractivity (Wildman–Crippen MR) is 80.7 cm³/mol. The van der Waals surface area contributed by atoms with E-state index >= 15 is 0 Å². The highest BCUT2D eigenvalue weighted by molar-refractivity contribution is 6.30. The Morgan fingerprint density at radius 3 is 2.62 bits per heavy atom. The van der Waals surface area contributed by atoms with Gasteiger partial charge in [-0.25, -0.2) is 4.79 Å². The van der Waals surface area contributed by atoms with Crippen molar-refractivity contribution in [1.29, 1.82) is 0 Å². The molecule has 116 valence electrons. The first-order chi connectivity index (χ1) is 10.2. The van der Waals surface area contributed by atoms with Gasteiger partial charge in [-0.2, -0.15) is 0 Å². The van der Waals surface area contributed by atoms with Crippen LogP contribution in [0.15, 0.2) is 24.3 Å². The maximum absolute atomic E-state index is 11.8. The third-order valence-corrected chi connectivity index (χ3v) is 3.61. The Labute approximate surface area is 130 Å². The molecule has 0 saturated carbocycles. The number of esters is 1. The zero-order valence-electron chi connectivity index (χ0n) is 12.3. The van der Waals surface area contributed by atoms with Crippen molar-refractivity contribution in [1.82, 2.24) is 0 Å². The van der Waals surface area contributed by atoms with Gasteiger partial charge in [-0.1, -0.05) is 18.5 Å². The molecule has 2 rings (SSSR count). The third-order valence-electron chi connectivity index (χ3n) is 3.36. The normalized spacial score (nSPS) is 20.1. The summed E-state index contributed by atoms with van der Waals surface area (Å²) in [5.74, 6) is 0.585. The maximum atomic E-state index is 11.8. The van der Waals surface area contributed by atoms with Gasteiger partial charge in [-0.3, -0.25) is 0 Å². The van der Waals surface area contributed by atoms with Gasteiger partial charge in [0.2, 0.25) is 0 Å². The number of hydrogen-bond acceptors (Lipinski definition) is 4. The monoisotopic (exact) mass is 312 g/mol. The van der Waals surface area contributed by atoms with Crippen molar-refractivity contribution < 1.29 is 19.0 Å². The molecule has 0 radical (unpaired) electrons. The lowest BCUT2D eigenvalue weighted by atomic mass is 10.0. The van der Waals surface area contributed by atoms with Gasteiger partial charge in [0.1, 0.15) is 5.75 Å². The Bertz CT molecular complexity index is 454. The number of benzene rings is 1. The standard InChI is InChI=1S/C16H21ClO4/c1-2-10-20-15(18)16(12-21-16)9-3-4-11-19-14-7-5-13(17)6-8-14/h5-8H,2-4,9-12H2,1H3. The van der Waals surface area contributed by atoms with E-state index in [1.807, 2.05) is 19.1 Å². The van der Waals surface area contributed by atoms with Gasteiger partial charge in [0.05, 0.1) is 19.8 Å². The number of ether oxygens (including phenoxy) is 3. The molecule has 1 aliphatic heterocycles. The van der Waals surface area contributed by atoms with E-state index < -0.39 is 5.60 Å². The lowest BCUT2D eigenvalue weighted by Crippen LogP contribution is -2.27. The van der Waals surface area contributed by atoms with E-state index in [0.717, 1.165) is 25.0 Å². The molecule has 1 aromatic carbocycles. The molecule has 0 aromatic heterocycles. The highest BCUT2D eigenvalue weighted by Gasteiger charge is 2.53. The largest absolute Gasteiger partial charge is 0.494 e. The second kappa shape index (κ2) is 7.66. The highest BCUT2D eigenvalue weighted by atomic mass is 35.5. The molecule has 1 heterocycles. The van der Waals surface area contributed by atoms with E-state index in [0.29, 0.717) is 31.3 Å². The molecular formula is C16H21ClO4. The molecular weight excluding hydrogens is 292 g/mol. The van der Waals surface area contributed by atoms with Gasteiger partial charge in [-0.15, -0.1) is 0 Å². The van der Waals surface area contributed by atoms with Gasteiger partial charge >= 0.3 is 5.97 Å². The van der Waals surface area contributed by atoms with Crippen LogP contribution >= 0.6 is 11.6 Å². The summed E-state index contributed by atoms with van der Waals surface area (Å²) >= 11 is 5.81. The van der Waals surface area contributed by atoms with Crippen molar-refractivity contribution in [2.45, 2.75) is 38.2 Å². The molecule has 0 amide bonds. The summed E-state index contributed by atoms with van der Waals surface area (Å²) in [5.41, 5.74) is -0.671. The lowest BCUT2D eigenvalue weighted by molar-refractivity contribution is -0.150. The SMILES string of the molecule is CCCOC(=O)C1(CCCCOc2ccc(Cl)cc2)CO1. The van der Waals surface area contributed by atoms with Crippen molar-refractivity contribution in [3.63, 3.8) is 0 Å². The fourth-order valence-corrected chi connectivity index (χ4v) is 2.14. The minimum Gasteiger partial charge on any atom is -0.494 e. The van der Waals surface area contributed by atoms with E-state index in [-0.39, 0.29) is 5.97 Å². The van der Waals surface area contributed by atoms with Gasteiger partial charge in [0.15, 0.2) is 5.60 Å². The van der Waals surface area contributed by atoms with Crippen LogP contribution in [-0.2, 0) is 14.3 Å². The molecule has 0 bridgehead atoms. The molecule has 21 heavy (non-hydrogen) atoms. The Morgan fingerprint density at radius 2 is 2.00 bits per heavy atom. The Balaban J connectivity index is 1.61. The van der Waals surface area contributed by atoms with Crippen molar-refractivity contribution in [3.05, 3.63) is 29.3 Å². The molecule has 5 heteroatoms. The van der Waals surface area contributed by atoms with Crippen LogP contribution in [0.3, 0.4) is 0 Å². The molecule has 1 saturated heterocycles. The summed E-state index contributed by atoms with van der Waals surface area (Å²) in [6.07, 6.45) is 3.26. The fourth-order valence-electron chi connectivity index (χ4n) is 2.01. The highest BCUT2D eigenvalue weighted by Crippen LogP contribution is 2.34. The lowest BCUT2D eigenvalue weighted by Gasteiger charge is -2.11. The van der Waals surface area contributed by atoms with Gasteiger partial charge in [0, 0.05) is 5.02 Å². The van der Waals surface area contributed by atoms with Crippen molar-refractivity contribution in [2.24, 2.45) is 0 Å². The number of unbranched alkanes of at least 4 members (excludes halogenated alkanes) is 1. The Morgan fingerprint density at radius 1 is 1.29 bits per heavy atom. The summed E-state index contributed by atoms with van der Waals surface area (Å²) < 4.78 is 16.1. The molecule has 0 aliphatic carbocycles. The summed E-state index contributed by atoms with van der Waals surface area (Å²) in [7, 11) is 0. The van der Waals surface area contributed by atoms with E-state index in [4.69, 9.17) is 25.8 Å². The molecule has 1 aliphatic rings. The first kappa shape index (κ1) is 16.1. The van der Waals surface area contributed by atoms with Gasteiger partial charge in [0.25, 0.3) is 0 Å². The number of halogens is 1. The van der Waals surface area contributed by atoms with Crippen LogP contribution in [0.1, 0.15) is 32.6 Å². The molecule has 4 nitrogen and oxygen atoms in total. The topological polar surface area (TPSA) is 48.1 Å². The van der Waals surface area contributed by atoms with E-state index in [1.54, 1.807) is 12.1 Å². The molecule has 1 aromatic rings. The molecule has 0 spiro atoms. The van der Waals surface area contributed by atoms with Crippen molar-refractivity contribution >= 4 is 17.6 Å². The first-order valence-electron chi connectivity index (χ1n) is 7.36.